The standard InChI is InChI=1S/C18H16N/c1-12-8-10-13(11-9-12)14-4-2-7-17-18(14)15-5-3-6-16(15)19-17/h2,4,7-11H,3,5-6H2,1H3. The van der Waals surface area contributed by atoms with Crippen molar-refractivity contribution in [2.45, 2.75) is 26.2 Å². The van der Waals surface area contributed by atoms with Crippen LogP contribution in [0.25, 0.3) is 16.7 Å². The molecule has 2 aromatic carbocycles. The van der Waals surface area contributed by atoms with Crippen LogP contribution in [0.15, 0.2) is 48.2 Å². The minimum atomic E-state index is 1.15. The molecule has 1 heterocycles. The maximum absolute atomic E-state index is 4.80. The number of hydrogen-bond acceptors (Lipinski definition) is 0. The maximum atomic E-state index is 4.80. The van der Waals surface area contributed by atoms with E-state index in [4.69, 9.17) is 5.32 Å². The second kappa shape index (κ2) is 3.99. The van der Waals surface area contributed by atoms with Crippen LogP contribution < -0.4 is 5.32 Å². The fourth-order valence-corrected chi connectivity index (χ4v) is 3.19. The van der Waals surface area contributed by atoms with Crippen LogP contribution in [0.2, 0.25) is 0 Å². The zero-order valence-corrected chi connectivity index (χ0v) is 11.1. The summed E-state index contributed by atoms with van der Waals surface area (Å²) < 4.78 is 0. The molecule has 2 aromatic rings. The summed E-state index contributed by atoms with van der Waals surface area (Å²) in [6, 6.07) is 15.3. The molecule has 0 saturated carbocycles. The minimum Gasteiger partial charge on any atom is -0.252 e. The van der Waals surface area contributed by atoms with Gasteiger partial charge in [0, 0.05) is 11.3 Å². The summed E-state index contributed by atoms with van der Waals surface area (Å²) in [5.41, 5.74) is 9.33. The van der Waals surface area contributed by atoms with E-state index in [0.29, 0.717) is 0 Å². The monoisotopic (exact) mass is 246 g/mol. The van der Waals surface area contributed by atoms with Crippen molar-refractivity contribution in [1.82, 2.24) is 5.32 Å². The SMILES string of the molecule is Cc1ccc(-c2cccc3c2C2=C(CCC2)[N]3)cc1. The molecule has 1 radical (unpaired) electrons. The average Bonchev–Trinajstić information content (AvgIpc) is 2.99. The molecule has 1 aliphatic carbocycles. The van der Waals surface area contributed by atoms with Crippen molar-refractivity contribution in [1.29, 1.82) is 0 Å². The molecule has 0 atom stereocenters. The first-order valence-corrected chi connectivity index (χ1v) is 6.97. The van der Waals surface area contributed by atoms with Crippen molar-refractivity contribution in [3.63, 3.8) is 0 Å². The fourth-order valence-electron chi connectivity index (χ4n) is 3.19. The Morgan fingerprint density at radius 2 is 1.79 bits per heavy atom. The largest absolute Gasteiger partial charge is 0.252 e. The van der Waals surface area contributed by atoms with Gasteiger partial charge in [0.05, 0.1) is 5.69 Å². The fraction of sp³-hybridized carbons (Fsp3) is 0.222. The van der Waals surface area contributed by atoms with E-state index in [0.717, 1.165) is 6.42 Å². The third kappa shape index (κ3) is 1.61. The minimum absolute atomic E-state index is 1.15. The zero-order valence-electron chi connectivity index (χ0n) is 11.1. The molecular weight excluding hydrogens is 230 g/mol. The highest BCUT2D eigenvalue weighted by Gasteiger charge is 2.28. The third-order valence-electron chi connectivity index (χ3n) is 4.15. The molecule has 0 saturated heterocycles. The second-order valence-corrected chi connectivity index (χ2v) is 5.46. The number of rotatable bonds is 1. The van der Waals surface area contributed by atoms with Gasteiger partial charge in [0.15, 0.2) is 0 Å². The van der Waals surface area contributed by atoms with Gasteiger partial charge in [-0.1, -0.05) is 42.0 Å². The molecule has 0 spiro atoms. The highest BCUT2D eigenvalue weighted by Crippen LogP contribution is 2.47. The van der Waals surface area contributed by atoms with Crippen LogP contribution in [-0.2, 0) is 0 Å². The van der Waals surface area contributed by atoms with Crippen LogP contribution in [0.5, 0.6) is 0 Å². The van der Waals surface area contributed by atoms with Gasteiger partial charge in [-0.25, -0.2) is 0 Å². The topological polar surface area (TPSA) is 14.1 Å². The molecule has 0 amide bonds. The highest BCUT2D eigenvalue weighted by atomic mass is 14.9. The van der Waals surface area contributed by atoms with Crippen molar-refractivity contribution in [2.24, 2.45) is 0 Å². The summed E-state index contributed by atoms with van der Waals surface area (Å²) in [6.45, 7) is 2.13. The van der Waals surface area contributed by atoms with Crippen LogP contribution in [-0.4, -0.2) is 0 Å². The molecule has 0 bridgehead atoms. The van der Waals surface area contributed by atoms with Crippen LogP contribution in [0.3, 0.4) is 0 Å². The van der Waals surface area contributed by atoms with E-state index in [1.807, 2.05) is 0 Å². The van der Waals surface area contributed by atoms with Crippen LogP contribution in [0.1, 0.15) is 30.4 Å². The lowest BCUT2D eigenvalue weighted by Crippen LogP contribution is -1.92. The molecule has 0 N–H and O–H groups in total. The number of allylic oxidation sites excluding steroid dienone is 2. The first kappa shape index (κ1) is 10.9. The number of benzene rings is 2. The van der Waals surface area contributed by atoms with Crippen LogP contribution in [0, 0.1) is 6.92 Å². The van der Waals surface area contributed by atoms with E-state index in [2.05, 4.69) is 49.4 Å². The molecule has 93 valence electrons. The second-order valence-electron chi connectivity index (χ2n) is 5.46. The van der Waals surface area contributed by atoms with Gasteiger partial charge >= 0.3 is 0 Å². The van der Waals surface area contributed by atoms with Crippen molar-refractivity contribution in [2.75, 3.05) is 0 Å². The Hall–Kier alpha value is -2.02. The van der Waals surface area contributed by atoms with Gasteiger partial charge in [0.25, 0.3) is 0 Å². The summed E-state index contributed by atoms with van der Waals surface area (Å²) in [4.78, 5) is 0. The van der Waals surface area contributed by atoms with Crippen molar-refractivity contribution >= 4 is 11.3 Å². The van der Waals surface area contributed by atoms with Gasteiger partial charge in [0.2, 0.25) is 0 Å². The Labute approximate surface area is 114 Å². The quantitative estimate of drug-likeness (QED) is 0.685. The van der Waals surface area contributed by atoms with Gasteiger partial charge in [-0.2, -0.15) is 0 Å². The average molecular weight is 246 g/mol. The molecule has 19 heavy (non-hydrogen) atoms. The van der Waals surface area contributed by atoms with Gasteiger partial charge < -0.3 is 0 Å². The molecule has 0 unspecified atom stereocenters. The lowest BCUT2D eigenvalue weighted by atomic mass is 9.93. The molecule has 4 rings (SSSR count). The summed E-state index contributed by atoms with van der Waals surface area (Å²) >= 11 is 0. The van der Waals surface area contributed by atoms with Crippen molar-refractivity contribution < 1.29 is 0 Å². The summed E-state index contributed by atoms with van der Waals surface area (Å²) in [5.74, 6) is 0. The number of fused-ring (bicyclic) bond motifs is 2. The predicted molar refractivity (Wildman–Crippen MR) is 79.2 cm³/mol. The van der Waals surface area contributed by atoms with E-state index in [1.165, 1.54) is 52.1 Å². The Bertz CT molecular complexity index is 677. The molecular formula is C18H16N. The van der Waals surface area contributed by atoms with E-state index in [-0.39, 0.29) is 0 Å². The number of nitrogens with zero attached hydrogens (tertiary/aromatic N) is 1. The van der Waals surface area contributed by atoms with Crippen LogP contribution in [0.4, 0.5) is 5.69 Å². The van der Waals surface area contributed by atoms with Crippen molar-refractivity contribution in [3.05, 3.63) is 59.3 Å². The van der Waals surface area contributed by atoms with E-state index < -0.39 is 0 Å². The van der Waals surface area contributed by atoms with Gasteiger partial charge in [-0.05, 0) is 49.0 Å². The Morgan fingerprint density at radius 3 is 2.63 bits per heavy atom. The molecule has 0 fully saturated rings. The van der Waals surface area contributed by atoms with E-state index in [9.17, 15) is 0 Å². The Morgan fingerprint density at radius 1 is 0.947 bits per heavy atom. The van der Waals surface area contributed by atoms with Crippen LogP contribution >= 0.6 is 0 Å². The smallest absolute Gasteiger partial charge is 0.0715 e. The summed E-state index contributed by atoms with van der Waals surface area (Å²) in [5, 5.41) is 4.80. The van der Waals surface area contributed by atoms with Gasteiger partial charge in [-0.3, -0.25) is 5.32 Å². The number of aryl methyl sites for hydroxylation is 1. The van der Waals surface area contributed by atoms with Gasteiger partial charge in [0.1, 0.15) is 0 Å². The van der Waals surface area contributed by atoms with Gasteiger partial charge in [-0.15, -0.1) is 0 Å². The maximum Gasteiger partial charge on any atom is 0.0715 e. The number of hydrogen-bond donors (Lipinski definition) is 0. The molecule has 2 aliphatic rings. The zero-order chi connectivity index (χ0) is 12.8. The predicted octanol–water partition coefficient (Wildman–Crippen LogP) is 4.81. The molecule has 0 aromatic heterocycles. The van der Waals surface area contributed by atoms with Crippen molar-refractivity contribution in [3.8, 4) is 11.1 Å². The first-order valence-electron chi connectivity index (χ1n) is 6.97. The Balaban J connectivity index is 1.91. The molecule has 1 heteroatoms. The highest BCUT2D eigenvalue weighted by molar-refractivity contribution is 5.92. The third-order valence-corrected chi connectivity index (χ3v) is 4.15. The van der Waals surface area contributed by atoms with E-state index in [1.54, 1.807) is 0 Å². The van der Waals surface area contributed by atoms with E-state index >= 15 is 0 Å². The lowest BCUT2D eigenvalue weighted by molar-refractivity contribution is 0.859. The molecule has 1 nitrogen and oxygen atoms in total. The molecule has 1 aliphatic heterocycles. The summed E-state index contributed by atoms with van der Waals surface area (Å²) in [6.07, 6.45) is 3.60. The lowest BCUT2D eigenvalue weighted by Gasteiger charge is -2.11. The first-order chi connectivity index (χ1) is 9.33. The Kier molecular flexibility index (Phi) is 2.28. The summed E-state index contributed by atoms with van der Waals surface area (Å²) in [7, 11) is 0. The normalized spacial score (nSPS) is 16.3.